The third-order valence-corrected chi connectivity index (χ3v) is 7.00. The van der Waals surface area contributed by atoms with Crippen molar-refractivity contribution in [3.63, 3.8) is 0 Å². The molecule has 0 aliphatic carbocycles. The second-order valence-electron chi connectivity index (χ2n) is 7.54. The second kappa shape index (κ2) is 9.44. The SMILES string of the molecule is CCCOc1cccc(C(=O)N(Cc2ccc(CC)cc2)[C@H]2CCS(=O)(=O)C2)c1. The predicted octanol–water partition coefficient (Wildman–Crippen LogP) is 3.87. The standard InChI is InChI=1S/C23H29NO4S/c1-3-13-28-22-7-5-6-20(15-22)23(25)24(21-12-14-29(26,27)17-21)16-19-10-8-18(4-2)9-11-19/h5-11,15,21H,3-4,12-14,16-17H2,1-2H3/t21-/m0/s1. The van der Waals surface area contributed by atoms with Crippen molar-refractivity contribution in [3.05, 3.63) is 65.2 Å². The van der Waals surface area contributed by atoms with Crippen LogP contribution >= 0.6 is 0 Å². The lowest BCUT2D eigenvalue weighted by molar-refractivity contribution is 0.0680. The van der Waals surface area contributed by atoms with Gasteiger partial charge in [0, 0.05) is 18.2 Å². The second-order valence-corrected chi connectivity index (χ2v) is 9.76. The minimum absolute atomic E-state index is 0.0256. The first-order chi connectivity index (χ1) is 13.9. The topological polar surface area (TPSA) is 63.7 Å². The van der Waals surface area contributed by atoms with Crippen molar-refractivity contribution in [3.8, 4) is 5.75 Å². The Hall–Kier alpha value is -2.34. The molecule has 0 spiro atoms. The summed E-state index contributed by atoms with van der Waals surface area (Å²) in [7, 11) is -3.10. The summed E-state index contributed by atoms with van der Waals surface area (Å²) in [5.41, 5.74) is 2.75. The van der Waals surface area contributed by atoms with Gasteiger partial charge in [0.1, 0.15) is 5.75 Å². The molecule has 1 aliphatic rings. The Morgan fingerprint density at radius 1 is 1.10 bits per heavy atom. The highest BCUT2D eigenvalue weighted by Crippen LogP contribution is 2.24. The molecule has 1 fully saturated rings. The third-order valence-electron chi connectivity index (χ3n) is 5.25. The fourth-order valence-corrected chi connectivity index (χ4v) is 5.30. The van der Waals surface area contributed by atoms with Gasteiger partial charge in [0.05, 0.1) is 18.1 Å². The minimum Gasteiger partial charge on any atom is -0.494 e. The van der Waals surface area contributed by atoms with Crippen LogP contribution in [0.1, 0.15) is 48.2 Å². The number of aryl methyl sites for hydroxylation is 1. The normalized spacial score (nSPS) is 17.8. The maximum atomic E-state index is 13.4. The molecule has 1 aliphatic heterocycles. The Balaban J connectivity index is 1.86. The van der Waals surface area contributed by atoms with Crippen molar-refractivity contribution in [2.24, 2.45) is 0 Å². The van der Waals surface area contributed by atoms with E-state index in [0.29, 0.717) is 30.9 Å². The van der Waals surface area contributed by atoms with Crippen LogP contribution in [0.2, 0.25) is 0 Å². The molecule has 29 heavy (non-hydrogen) atoms. The maximum absolute atomic E-state index is 13.4. The first-order valence-electron chi connectivity index (χ1n) is 10.2. The van der Waals surface area contributed by atoms with Crippen LogP contribution < -0.4 is 4.74 Å². The van der Waals surface area contributed by atoms with Gasteiger partial charge in [0.2, 0.25) is 0 Å². The predicted molar refractivity (Wildman–Crippen MR) is 115 cm³/mol. The van der Waals surface area contributed by atoms with Crippen molar-refractivity contribution in [1.29, 1.82) is 0 Å². The largest absolute Gasteiger partial charge is 0.494 e. The average molecular weight is 416 g/mol. The van der Waals surface area contributed by atoms with Crippen LogP contribution in [0.5, 0.6) is 5.75 Å². The molecule has 0 N–H and O–H groups in total. The number of nitrogens with zero attached hydrogens (tertiary/aromatic N) is 1. The molecule has 0 saturated carbocycles. The number of hydrogen-bond acceptors (Lipinski definition) is 4. The first kappa shape index (κ1) is 21.4. The van der Waals surface area contributed by atoms with Gasteiger partial charge in [-0.1, -0.05) is 44.2 Å². The van der Waals surface area contributed by atoms with Crippen LogP contribution in [0.15, 0.2) is 48.5 Å². The fourth-order valence-electron chi connectivity index (χ4n) is 3.57. The summed E-state index contributed by atoms with van der Waals surface area (Å²) in [6, 6.07) is 15.0. The molecular formula is C23H29NO4S. The van der Waals surface area contributed by atoms with Crippen LogP contribution in [0.3, 0.4) is 0 Å². The van der Waals surface area contributed by atoms with Gasteiger partial charge < -0.3 is 9.64 Å². The number of hydrogen-bond donors (Lipinski definition) is 0. The molecule has 0 aromatic heterocycles. The smallest absolute Gasteiger partial charge is 0.254 e. The van der Waals surface area contributed by atoms with Crippen LogP contribution in [0, 0.1) is 0 Å². The summed E-state index contributed by atoms with van der Waals surface area (Å²) >= 11 is 0. The third kappa shape index (κ3) is 5.60. The highest BCUT2D eigenvalue weighted by molar-refractivity contribution is 7.91. The molecule has 0 bridgehead atoms. The zero-order valence-corrected chi connectivity index (χ0v) is 18.0. The van der Waals surface area contributed by atoms with E-state index in [-0.39, 0.29) is 23.5 Å². The number of rotatable bonds is 8. The molecule has 3 rings (SSSR count). The Labute approximate surface area is 173 Å². The Bertz CT molecular complexity index is 938. The van der Waals surface area contributed by atoms with Gasteiger partial charge in [-0.3, -0.25) is 4.79 Å². The van der Waals surface area contributed by atoms with E-state index in [0.717, 1.165) is 18.4 Å². The van der Waals surface area contributed by atoms with E-state index < -0.39 is 9.84 Å². The van der Waals surface area contributed by atoms with E-state index in [9.17, 15) is 13.2 Å². The number of benzene rings is 2. The number of carbonyl (C=O) groups is 1. The van der Waals surface area contributed by atoms with Gasteiger partial charge >= 0.3 is 0 Å². The zero-order chi connectivity index (χ0) is 20.9. The van der Waals surface area contributed by atoms with Crippen molar-refractivity contribution < 1.29 is 17.9 Å². The summed E-state index contributed by atoms with van der Waals surface area (Å²) in [5.74, 6) is 0.658. The van der Waals surface area contributed by atoms with Crippen LogP contribution in [0.25, 0.3) is 0 Å². The van der Waals surface area contributed by atoms with E-state index >= 15 is 0 Å². The van der Waals surface area contributed by atoms with E-state index in [1.54, 1.807) is 23.1 Å². The lowest BCUT2D eigenvalue weighted by atomic mass is 10.1. The highest BCUT2D eigenvalue weighted by atomic mass is 32.2. The number of amides is 1. The van der Waals surface area contributed by atoms with Crippen LogP contribution in [-0.4, -0.2) is 43.4 Å². The van der Waals surface area contributed by atoms with Crippen molar-refractivity contribution in [2.45, 2.75) is 45.7 Å². The molecular weight excluding hydrogens is 386 g/mol. The summed E-state index contributed by atoms with van der Waals surface area (Å²) in [5, 5.41) is 0. The van der Waals surface area contributed by atoms with Gasteiger partial charge in [-0.2, -0.15) is 0 Å². The molecule has 156 valence electrons. The first-order valence-corrected chi connectivity index (χ1v) is 12.1. The number of sulfone groups is 1. The fraction of sp³-hybridized carbons (Fsp3) is 0.435. The number of carbonyl (C=O) groups excluding carboxylic acids is 1. The quantitative estimate of drug-likeness (QED) is 0.657. The van der Waals surface area contributed by atoms with Crippen molar-refractivity contribution >= 4 is 15.7 Å². The molecule has 1 saturated heterocycles. The molecule has 1 heterocycles. The molecule has 6 heteroatoms. The van der Waals surface area contributed by atoms with Crippen LogP contribution in [-0.2, 0) is 22.8 Å². The van der Waals surface area contributed by atoms with E-state index in [2.05, 4.69) is 19.1 Å². The van der Waals surface area contributed by atoms with Gasteiger partial charge in [-0.25, -0.2) is 8.42 Å². The van der Waals surface area contributed by atoms with Gasteiger partial charge in [0.15, 0.2) is 9.84 Å². The lowest BCUT2D eigenvalue weighted by Crippen LogP contribution is -2.40. The molecule has 2 aromatic rings. The Kier molecular flexibility index (Phi) is 6.96. The number of ether oxygens (including phenoxy) is 1. The monoisotopic (exact) mass is 415 g/mol. The summed E-state index contributed by atoms with van der Waals surface area (Å²) < 4.78 is 29.8. The van der Waals surface area contributed by atoms with Gasteiger partial charge in [-0.05, 0) is 48.6 Å². The van der Waals surface area contributed by atoms with Gasteiger partial charge in [0.25, 0.3) is 5.91 Å². The summed E-state index contributed by atoms with van der Waals surface area (Å²) in [6.07, 6.45) is 2.32. The maximum Gasteiger partial charge on any atom is 0.254 e. The molecule has 0 unspecified atom stereocenters. The molecule has 1 amide bonds. The Morgan fingerprint density at radius 3 is 2.45 bits per heavy atom. The van der Waals surface area contributed by atoms with Crippen molar-refractivity contribution in [1.82, 2.24) is 4.90 Å². The molecule has 5 nitrogen and oxygen atoms in total. The molecule has 0 radical (unpaired) electrons. The van der Waals surface area contributed by atoms with Crippen molar-refractivity contribution in [2.75, 3.05) is 18.1 Å². The molecule has 1 atom stereocenters. The molecule has 2 aromatic carbocycles. The van der Waals surface area contributed by atoms with E-state index in [4.69, 9.17) is 4.74 Å². The average Bonchev–Trinajstić information content (AvgIpc) is 3.10. The zero-order valence-electron chi connectivity index (χ0n) is 17.1. The summed E-state index contributed by atoms with van der Waals surface area (Å²) in [6.45, 7) is 5.11. The minimum atomic E-state index is -3.10. The summed E-state index contributed by atoms with van der Waals surface area (Å²) in [4.78, 5) is 15.1. The van der Waals surface area contributed by atoms with Crippen LogP contribution in [0.4, 0.5) is 0 Å². The Morgan fingerprint density at radius 2 is 1.83 bits per heavy atom. The van der Waals surface area contributed by atoms with E-state index in [1.165, 1.54) is 5.56 Å². The van der Waals surface area contributed by atoms with Gasteiger partial charge in [-0.15, -0.1) is 0 Å². The lowest BCUT2D eigenvalue weighted by Gasteiger charge is -2.29. The van der Waals surface area contributed by atoms with E-state index in [1.807, 2.05) is 25.1 Å². The highest BCUT2D eigenvalue weighted by Gasteiger charge is 2.35.